The fourth-order valence-corrected chi connectivity index (χ4v) is 10.3. The van der Waals surface area contributed by atoms with E-state index in [9.17, 15) is 58.2 Å². The fraction of sp³-hybridized carbons (Fsp3) is 0.569. The Morgan fingerprint density at radius 3 is 1.74 bits per heavy atom. The van der Waals surface area contributed by atoms with Crippen molar-refractivity contribution in [3.8, 4) is 0 Å². The molecule has 80 heavy (non-hydrogen) atoms. The maximum Gasteiger partial charge on any atom is 0.245 e. The zero-order valence-corrected chi connectivity index (χ0v) is 47.7. The SMILES string of the molecule is CC(C)C[C@@H]1NC(=O)[C@@H](Cc2ccccc2)NC(=O)[C@H](CCN)NC(=O)[C@@H](NC(=O)CNC(=O)[C@@H](NC(=O)[C@H](N)CSSCc2cccc(Cl)c2)[C@@H](C)O)CCNC(=O)[C@H]([C@@H](C)O)NC(=O)[C@H](CCN)NC(=O)[C@H](CCN)NC1=O. The smallest absolute Gasteiger partial charge is 0.245 e. The van der Waals surface area contributed by atoms with Crippen LogP contribution in [0.15, 0.2) is 54.6 Å². The third kappa shape index (κ3) is 23.9. The van der Waals surface area contributed by atoms with Crippen LogP contribution in [0.4, 0.5) is 0 Å². The number of halogens is 1. The molecule has 1 saturated heterocycles. The van der Waals surface area contributed by atoms with Crippen molar-refractivity contribution in [2.24, 2.45) is 28.9 Å². The normalized spacial score (nSPS) is 22.8. The summed E-state index contributed by atoms with van der Waals surface area (Å²) in [5.41, 5.74) is 25.2. The first-order chi connectivity index (χ1) is 38.0. The van der Waals surface area contributed by atoms with Crippen LogP contribution in [0.1, 0.15) is 70.9 Å². The maximum absolute atomic E-state index is 14.3. The third-order valence-electron chi connectivity index (χ3n) is 12.2. The van der Waals surface area contributed by atoms with Crippen LogP contribution in [0.3, 0.4) is 0 Å². The summed E-state index contributed by atoms with van der Waals surface area (Å²) < 4.78 is 0. The Balaban J connectivity index is 1.95. The lowest BCUT2D eigenvalue weighted by Gasteiger charge is -2.28. The fourth-order valence-electron chi connectivity index (χ4n) is 7.93. The molecule has 0 bridgehead atoms. The van der Waals surface area contributed by atoms with Gasteiger partial charge in [0, 0.05) is 29.5 Å². The summed E-state index contributed by atoms with van der Waals surface area (Å²) >= 11 is 6.05. The molecule has 26 nitrogen and oxygen atoms in total. The highest BCUT2D eigenvalue weighted by Gasteiger charge is 2.36. The first-order valence-corrected chi connectivity index (χ1v) is 29.1. The van der Waals surface area contributed by atoms with Gasteiger partial charge >= 0.3 is 0 Å². The van der Waals surface area contributed by atoms with E-state index in [1.54, 1.807) is 56.3 Å². The van der Waals surface area contributed by atoms with Crippen LogP contribution in [0, 0.1) is 5.92 Å². The molecule has 11 atom stereocenters. The Morgan fingerprint density at radius 1 is 0.662 bits per heavy atom. The largest absolute Gasteiger partial charge is 0.391 e. The summed E-state index contributed by atoms with van der Waals surface area (Å²) in [5, 5.41) is 46.9. The van der Waals surface area contributed by atoms with Crippen molar-refractivity contribution < 1.29 is 58.2 Å². The summed E-state index contributed by atoms with van der Waals surface area (Å²) in [6.45, 7) is 4.36. The standard InChI is InChI=1S/C51H79ClN14O12S2/c1-27(2)21-38-48(75)62-34(13-17-53)44(71)61-36(15-19-55)47(74)66-41(28(3)67)50(77)57-20-16-37(46(73)60-35(14-18-54)45(72)64-39(49(76)63-38)23-30-9-6-5-7-10-30)59-40(69)24-58-51(78)42(29(4)68)65-43(70)33(56)26-80-79-25-31-11-8-12-32(52)22-31/h5-12,22,27-29,33-39,41-42,67-68H,13-21,23-26,53-56H2,1-4H3,(H,57,77)(H,58,78)(H,59,69)(H,60,73)(H,61,71)(H,62,75)(H,63,76)(H,64,72)(H,65,70)(H,66,74)/t28-,29-,33-,34+,35+,36+,37+,38+,39-,41+,42+/m1/s1. The first kappa shape index (κ1) is 68.2. The minimum atomic E-state index is -1.66. The van der Waals surface area contributed by atoms with E-state index >= 15 is 0 Å². The Bertz CT molecular complexity index is 2400. The van der Waals surface area contributed by atoms with E-state index in [1.165, 1.54) is 35.4 Å². The van der Waals surface area contributed by atoms with Gasteiger partial charge in [-0.05, 0) is 94.8 Å². The molecule has 0 unspecified atom stereocenters. The predicted molar refractivity (Wildman–Crippen MR) is 303 cm³/mol. The lowest BCUT2D eigenvalue weighted by molar-refractivity contribution is -0.136. The Morgan fingerprint density at radius 2 is 1.19 bits per heavy atom. The zero-order chi connectivity index (χ0) is 59.5. The Hall–Kier alpha value is -6.11. The number of benzene rings is 2. The summed E-state index contributed by atoms with van der Waals surface area (Å²) in [6.07, 6.45) is -3.95. The molecule has 2 aromatic carbocycles. The molecular weight excluding hydrogens is 1100 g/mol. The number of nitrogens with one attached hydrogen (secondary N) is 10. The second-order valence-corrected chi connectivity index (χ2v) is 22.5. The molecule has 1 aliphatic heterocycles. The molecular formula is C51H79ClN14O12S2. The van der Waals surface area contributed by atoms with Gasteiger partial charge < -0.3 is 86.3 Å². The summed E-state index contributed by atoms with van der Waals surface area (Å²) in [6, 6.07) is 3.02. The highest BCUT2D eigenvalue weighted by molar-refractivity contribution is 8.76. The van der Waals surface area contributed by atoms with Gasteiger partial charge in [-0.2, -0.15) is 0 Å². The van der Waals surface area contributed by atoms with Crippen LogP contribution in [0.5, 0.6) is 0 Å². The van der Waals surface area contributed by atoms with Crippen LogP contribution < -0.4 is 76.1 Å². The van der Waals surface area contributed by atoms with Crippen molar-refractivity contribution in [2.45, 2.75) is 139 Å². The highest BCUT2D eigenvalue weighted by atomic mass is 35.5. The molecule has 2 aromatic rings. The lowest BCUT2D eigenvalue weighted by atomic mass is 10.00. The van der Waals surface area contributed by atoms with Crippen LogP contribution in [0.2, 0.25) is 5.02 Å². The summed E-state index contributed by atoms with van der Waals surface area (Å²) in [4.78, 5) is 138. The predicted octanol–water partition coefficient (Wildman–Crippen LogP) is -3.84. The van der Waals surface area contributed by atoms with E-state index in [-0.39, 0.29) is 63.4 Å². The number of hydrogen-bond acceptors (Lipinski definition) is 18. The van der Waals surface area contributed by atoms with Crippen molar-refractivity contribution in [3.05, 3.63) is 70.7 Å². The monoisotopic (exact) mass is 1180 g/mol. The molecule has 29 heteroatoms. The van der Waals surface area contributed by atoms with Crippen LogP contribution in [0.25, 0.3) is 0 Å². The van der Waals surface area contributed by atoms with Gasteiger partial charge in [-0.15, -0.1) is 0 Å². The topological polar surface area (TPSA) is 436 Å². The Labute approximate surface area is 478 Å². The van der Waals surface area contributed by atoms with Gasteiger partial charge in [-0.1, -0.05) is 89.5 Å². The molecule has 0 aromatic heterocycles. The minimum absolute atomic E-state index is 0.0581. The molecule has 20 N–H and O–H groups in total. The zero-order valence-electron chi connectivity index (χ0n) is 45.3. The summed E-state index contributed by atoms with van der Waals surface area (Å²) in [7, 11) is 2.73. The van der Waals surface area contributed by atoms with Crippen molar-refractivity contribution in [3.63, 3.8) is 0 Å². The van der Waals surface area contributed by atoms with E-state index < -0.39 is 145 Å². The second-order valence-electron chi connectivity index (χ2n) is 19.5. The average Bonchev–Trinajstić information content (AvgIpc) is 3.40. The van der Waals surface area contributed by atoms with Gasteiger partial charge in [0.15, 0.2) is 0 Å². The molecule has 1 aliphatic rings. The van der Waals surface area contributed by atoms with Gasteiger partial charge in [0.05, 0.1) is 24.8 Å². The lowest BCUT2D eigenvalue weighted by Crippen LogP contribution is -2.61. The van der Waals surface area contributed by atoms with Gasteiger partial charge in [-0.3, -0.25) is 47.9 Å². The molecule has 1 heterocycles. The van der Waals surface area contributed by atoms with E-state index in [4.69, 9.17) is 34.5 Å². The number of aliphatic hydroxyl groups excluding tert-OH is 2. The first-order valence-electron chi connectivity index (χ1n) is 26.2. The van der Waals surface area contributed by atoms with Gasteiger partial charge in [0.1, 0.15) is 48.3 Å². The van der Waals surface area contributed by atoms with Crippen LogP contribution in [-0.4, -0.2) is 174 Å². The molecule has 1 fully saturated rings. The molecule has 0 saturated carbocycles. The van der Waals surface area contributed by atoms with Crippen molar-refractivity contribution in [1.82, 2.24) is 53.2 Å². The van der Waals surface area contributed by atoms with Crippen LogP contribution in [-0.2, 0) is 60.1 Å². The summed E-state index contributed by atoms with van der Waals surface area (Å²) in [5.74, 6) is -8.50. The minimum Gasteiger partial charge on any atom is -0.391 e. The molecule has 10 amide bonds. The number of rotatable bonds is 23. The van der Waals surface area contributed by atoms with E-state index in [2.05, 4.69) is 53.2 Å². The average molecular weight is 1180 g/mol. The van der Waals surface area contributed by atoms with Crippen LogP contribution >= 0.6 is 33.2 Å². The van der Waals surface area contributed by atoms with E-state index in [1.807, 2.05) is 12.1 Å². The molecule has 0 radical (unpaired) electrons. The molecule has 0 aliphatic carbocycles. The van der Waals surface area contributed by atoms with E-state index in [0.29, 0.717) is 16.3 Å². The molecule has 0 spiro atoms. The van der Waals surface area contributed by atoms with Crippen molar-refractivity contribution >= 4 is 92.3 Å². The van der Waals surface area contributed by atoms with Gasteiger partial charge in [-0.25, -0.2) is 0 Å². The number of carbonyl (C=O) groups excluding carboxylic acids is 10. The number of amides is 10. The number of aliphatic hydroxyl groups is 2. The van der Waals surface area contributed by atoms with Gasteiger partial charge in [0.25, 0.3) is 0 Å². The number of nitrogens with two attached hydrogens (primary N) is 4. The van der Waals surface area contributed by atoms with Crippen molar-refractivity contribution in [2.75, 3.05) is 38.5 Å². The number of carbonyl (C=O) groups is 10. The van der Waals surface area contributed by atoms with E-state index in [0.717, 1.165) is 5.56 Å². The quantitative estimate of drug-likeness (QED) is 0.0374. The van der Waals surface area contributed by atoms with Crippen molar-refractivity contribution in [1.29, 1.82) is 0 Å². The molecule has 444 valence electrons. The number of hydrogen-bond donors (Lipinski definition) is 16. The Kier molecular flexibility index (Phi) is 30.3. The second kappa shape index (κ2) is 35.6. The highest BCUT2D eigenvalue weighted by Crippen LogP contribution is 2.27. The third-order valence-corrected chi connectivity index (χ3v) is 14.8. The molecule has 3 rings (SSSR count). The maximum atomic E-state index is 14.3. The van der Waals surface area contributed by atoms with Gasteiger partial charge in [0.2, 0.25) is 59.1 Å².